The van der Waals surface area contributed by atoms with Gasteiger partial charge in [0.2, 0.25) is 0 Å². The summed E-state index contributed by atoms with van der Waals surface area (Å²) in [4.78, 5) is 11.9. The van der Waals surface area contributed by atoms with Crippen LogP contribution in [0.5, 0.6) is 0 Å². The first-order valence-corrected chi connectivity index (χ1v) is 5.50. The summed E-state index contributed by atoms with van der Waals surface area (Å²) in [5.41, 5.74) is 0.586. The SMILES string of the molecule is C=CCN(C(=O)C(=C)C)N1CCCCC1. The van der Waals surface area contributed by atoms with E-state index in [4.69, 9.17) is 0 Å². The summed E-state index contributed by atoms with van der Waals surface area (Å²) >= 11 is 0. The molecule has 1 aliphatic heterocycles. The third-order valence-electron chi connectivity index (χ3n) is 2.58. The number of hydrazine groups is 1. The van der Waals surface area contributed by atoms with E-state index < -0.39 is 0 Å². The molecule has 0 radical (unpaired) electrons. The number of amides is 1. The maximum atomic E-state index is 11.9. The zero-order valence-corrected chi connectivity index (χ0v) is 9.54. The van der Waals surface area contributed by atoms with Crippen LogP contribution in [0.15, 0.2) is 24.8 Å². The molecule has 0 N–H and O–H groups in total. The molecule has 0 saturated carbocycles. The number of hydrogen-bond donors (Lipinski definition) is 0. The highest BCUT2D eigenvalue weighted by Crippen LogP contribution is 2.13. The Bertz CT molecular complexity index is 254. The second-order valence-electron chi connectivity index (χ2n) is 3.97. The van der Waals surface area contributed by atoms with Gasteiger partial charge in [-0.15, -0.1) is 6.58 Å². The smallest absolute Gasteiger partial charge is 0.263 e. The molecule has 0 aromatic carbocycles. The van der Waals surface area contributed by atoms with Gasteiger partial charge in [0.25, 0.3) is 5.91 Å². The van der Waals surface area contributed by atoms with E-state index in [9.17, 15) is 4.79 Å². The number of carbonyl (C=O) groups is 1. The Kier molecular flexibility index (Phi) is 4.56. The van der Waals surface area contributed by atoms with E-state index >= 15 is 0 Å². The zero-order valence-electron chi connectivity index (χ0n) is 9.54. The second-order valence-corrected chi connectivity index (χ2v) is 3.97. The molecule has 0 spiro atoms. The first-order valence-electron chi connectivity index (χ1n) is 5.50. The van der Waals surface area contributed by atoms with Gasteiger partial charge in [-0.25, -0.2) is 5.01 Å². The Morgan fingerprint density at radius 3 is 2.47 bits per heavy atom. The lowest BCUT2D eigenvalue weighted by molar-refractivity contribution is -0.144. The van der Waals surface area contributed by atoms with E-state index in [0.717, 1.165) is 25.9 Å². The van der Waals surface area contributed by atoms with Gasteiger partial charge >= 0.3 is 0 Å². The van der Waals surface area contributed by atoms with Crippen LogP contribution in [0.2, 0.25) is 0 Å². The van der Waals surface area contributed by atoms with Crippen molar-refractivity contribution in [1.29, 1.82) is 0 Å². The molecule has 3 nitrogen and oxygen atoms in total. The molecular formula is C12H20N2O. The highest BCUT2D eigenvalue weighted by Gasteiger charge is 2.21. The Morgan fingerprint density at radius 2 is 2.00 bits per heavy atom. The molecule has 3 heteroatoms. The second kappa shape index (κ2) is 5.71. The van der Waals surface area contributed by atoms with E-state index in [1.165, 1.54) is 6.42 Å². The summed E-state index contributed by atoms with van der Waals surface area (Å²) in [6.45, 7) is 11.6. The Hall–Kier alpha value is -1.09. The fourth-order valence-corrected chi connectivity index (χ4v) is 1.79. The van der Waals surface area contributed by atoms with Crippen LogP contribution in [0.3, 0.4) is 0 Å². The monoisotopic (exact) mass is 208 g/mol. The topological polar surface area (TPSA) is 23.6 Å². The molecule has 1 amide bonds. The average Bonchev–Trinajstić information content (AvgIpc) is 2.26. The summed E-state index contributed by atoms with van der Waals surface area (Å²) < 4.78 is 0. The van der Waals surface area contributed by atoms with Crippen LogP contribution in [-0.2, 0) is 4.79 Å². The van der Waals surface area contributed by atoms with Crippen molar-refractivity contribution in [2.75, 3.05) is 19.6 Å². The van der Waals surface area contributed by atoms with Gasteiger partial charge in [0.1, 0.15) is 0 Å². The normalized spacial score (nSPS) is 17.1. The molecule has 1 aliphatic rings. The van der Waals surface area contributed by atoms with Crippen molar-refractivity contribution in [3.63, 3.8) is 0 Å². The number of carbonyl (C=O) groups excluding carboxylic acids is 1. The summed E-state index contributed by atoms with van der Waals surface area (Å²) in [6, 6.07) is 0. The van der Waals surface area contributed by atoms with Gasteiger partial charge < -0.3 is 0 Å². The van der Waals surface area contributed by atoms with Gasteiger partial charge in [-0.2, -0.15) is 0 Å². The number of nitrogens with zero attached hydrogens (tertiary/aromatic N) is 2. The third kappa shape index (κ3) is 3.20. The van der Waals surface area contributed by atoms with E-state index in [1.54, 1.807) is 18.0 Å². The summed E-state index contributed by atoms with van der Waals surface area (Å²) in [7, 11) is 0. The molecule has 0 unspecified atom stereocenters. The van der Waals surface area contributed by atoms with E-state index in [1.807, 2.05) is 0 Å². The minimum absolute atomic E-state index is 0.0109. The Morgan fingerprint density at radius 1 is 1.40 bits per heavy atom. The van der Waals surface area contributed by atoms with Crippen LogP contribution in [0.25, 0.3) is 0 Å². The number of piperidine rings is 1. The quantitative estimate of drug-likeness (QED) is 0.521. The molecule has 0 aromatic rings. The molecule has 84 valence electrons. The van der Waals surface area contributed by atoms with Gasteiger partial charge in [0.05, 0.1) is 6.54 Å². The molecule has 1 saturated heterocycles. The molecule has 1 heterocycles. The lowest BCUT2D eigenvalue weighted by atomic mass is 10.1. The predicted molar refractivity (Wildman–Crippen MR) is 62.1 cm³/mol. The summed E-state index contributed by atoms with van der Waals surface area (Å²) in [5, 5.41) is 3.87. The standard InChI is InChI=1S/C12H20N2O/c1-4-8-14(12(15)11(2)3)13-9-6-5-7-10-13/h4H,1-2,5-10H2,3H3. The zero-order chi connectivity index (χ0) is 11.3. The van der Waals surface area contributed by atoms with Crippen molar-refractivity contribution in [2.45, 2.75) is 26.2 Å². The fourth-order valence-electron chi connectivity index (χ4n) is 1.79. The lowest BCUT2D eigenvalue weighted by Crippen LogP contribution is -2.49. The highest BCUT2D eigenvalue weighted by molar-refractivity contribution is 5.91. The molecule has 1 rings (SSSR count). The largest absolute Gasteiger partial charge is 0.268 e. The van der Waals surface area contributed by atoms with Crippen LogP contribution in [-0.4, -0.2) is 35.6 Å². The van der Waals surface area contributed by atoms with Crippen molar-refractivity contribution in [2.24, 2.45) is 0 Å². The van der Waals surface area contributed by atoms with Gasteiger partial charge in [-0.05, 0) is 19.8 Å². The van der Waals surface area contributed by atoms with Gasteiger partial charge in [-0.1, -0.05) is 19.1 Å². The molecule has 0 aliphatic carbocycles. The minimum Gasteiger partial charge on any atom is -0.268 e. The fraction of sp³-hybridized carbons (Fsp3) is 0.583. The summed E-state index contributed by atoms with van der Waals surface area (Å²) in [6.07, 6.45) is 5.35. The van der Waals surface area contributed by atoms with E-state index in [0.29, 0.717) is 12.1 Å². The first kappa shape index (κ1) is 12.0. The Labute approximate surface area is 92.0 Å². The number of rotatable bonds is 4. The van der Waals surface area contributed by atoms with Gasteiger partial charge in [0, 0.05) is 18.7 Å². The van der Waals surface area contributed by atoms with Crippen molar-refractivity contribution in [3.8, 4) is 0 Å². The molecule has 1 fully saturated rings. The summed E-state index contributed by atoms with van der Waals surface area (Å²) in [5.74, 6) is 0.0109. The minimum atomic E-state index is 0.0109. The van der Waals surface area contributed by atoms with Crippen LogP contribution in [0.1, 0.15) is 26.2 Å². The van der Waals surface area contributed by atoms with Crippen molar-refractivity contribution in [3.05, 3.63) is 24.8 Å². The molecule has 0 atom stereocenters. The van der Waals surface area contributed by atoms with Gasteiger partial charge in [0.15, 0.2) is 0 Å². The average molecular weight is 208 g/mol. The maximum absolute atomic E-state index is 11.9. The Balaban J connectivity index is 2.66. The van der Waals surface area contributed by atoms with E-state index in [2.05, 4.69) is 18.2 Å². The highest BCUT2D eigenvalue weighted by atomic mass is 16.2. The predicted octanol–water partition coefficient (Wildman–Crippen LogP) is 1.98. The van der Waals surface area contributed by atoms with Gasteiger partial charge in [-0.3, -0.25) is 9.80 Å². The third-order valence-corrected chi connectivity index (χ3v) is 2.58. The van der Waals surface area contributed by atoms with Crippen LogP contribution >= 0.6 is 0 Å². The van der Waals surface area contributed by atoms with Crippen LogP contribution < -0.4 is 0 Å². The van der Waals surface area contributed by atoms with Crippen molar-refractivity contribution >= 4 is 5.91 Å². The molecule has 0 bridgehead atoms. The van der Waals surface area contributed by atoms with Crippen molar-refractivity contribution in [1.82, 2.24) is 10.0 Å². The first-order chi connectivity index (χ1) is 7.16. The molecule has 0 aromatic heterocycles. The van der Waals surface area contributed by atoms with Crippen LogP contribution in [0.4, 0.5) is 0 Å². The van der Waals surface area contributed by atoms with Crippen LogP contribution in [0, 0.1) is 0 Å². The molecule has 15 heavy (non-hydrogen) atoms. The molecular weight excluding hydrogens is 188 g/mol. The lowest BCUT2D eigenvalue weighted by Gasteiger charge is -2.36. The number of hydrogen-bond acceptors (Lipinski definition) is 2. The van der Waals surface area contributed by atoms with E-state index in [-0.39, 0.29) is 5.91 Å². The van der Waals surface area contributed by atoms with Crippen molar-refractivity contribution < 1.29 is 4.79 Å². The maximum Gasteiger partial charge on any atom is 0.263 e.